The Morgan fingerprint density at radius 1 is 1.36 bits per heavy atom. The second-order valence-electron chi connectivity index (χ2n) is 5.82. The molecule has 1 fully saturated rings. The summed E-state index contributed by atoms with van der Waals surface area (Å²) in [5.41, 5.74) is -0.0876. The van der Waals surface area contributed by atoms with Crippen molar-refractivity contribution >= 4 is 17.2 Å². The van der Waals surface area contributed by atoms with E-state index in [1.807, 2.05) is 0 Å². The number of aliphatic hydroxyl groups is 2. The van der Waals surface area contributed by atoms with E-state index >= 15 is 0 Å². The van der Waals surface area contributed by atoms with E-state index in [9.17, 15) is 28.2 Å². The first-order chi connectivity index (χ1) is 11.7. The number of carbonyl (C=O) groups excluding carboxylic acids is 1. The number of halogens is 3. The van der Waals surface area contributed by atoms with Crippen molar-refractivity contribution in [3.63, 3.8) is 0 Å². The summed E-state index contributed by atoms with van der Waals surface area (Å²) in [6.45, 7) is 1.57. The van der Waals surface area contributed by atoms with Crippen LogP contribution in [0.5, 0.6) is 0 Å². The third-order valence-electron chi connectivity index (χ3n) is 4.07. The molecule has 1 aliphatic heterocycles. The molecule has 0 unspecified atom stereocenters. The van der Waals surface area contributed by atoms with Gasteiger partial charge in [0.25, 0.3) is 5.91 Å². The fourth-order valence-electron chi connectivity index (χ4n) is 2.67. The molecule has 0 saturated carbocycles. The molecule has 0 bridgehead atoms. The van der Waals surface area contributed by atoms with Gasteiger partial charge in [-0.2, -0.15) is 13.2 Å². The van der Waals surface area contributed by atoms with Gasteiger partial charge in [0.2, 0.25) is 5.76 Å². The van der Waals surface area contributed by atoms with Crippen molar-refractivity contribution in [2.24, 2.45) is 0 Å². The number of amides is 1. The predicted molar refractivity (Wildman–Crippen MR) is 82.1 cm³/mol. The first-order valence-corrected chi connectivity index (χ1v) is 8.29. The molecule has 1 amide bonds. The van der Waals surface area contributed by atoms with Gasteiger partial charge in [-0.25, -0.2) is 0 Å². The van der Waals surface area contributed by atoms with E-state index in [0.717, 1.165) is 11.3 Å². The Morgan fingerprint density at radius 2 is 2.08 bits per heavy atom. The fraction of sp³-hybridized carbons (Fsp3) is 0.467. The van der Waals surface area contributed by atoms with Crippen LogP contribution in [0.25, 0.3) is 10.6 Å². The number of aromatic nitrogens is 1. The maximum absolute atomic E-state index is 12.8. The molecule has 1 aliphatic rings. The summed E-state index contributed by atoms with van der Waals surface area (Å²) < 4.78 is 42.8. The molecule has 3 rings (SSSR count). The van der Waals surface area contributed by atoms with Crippen molar-refractivity contribution in [2.75, 3.05) is 13.1 Å². The summed E-state index contributed by atoms with van der Waals surface area (Å²) in [7, 11) is 0. The van der Waals surface area contributed by atoms with Gasteiger partial charge >= 0.3 is 6.18 Å². The van der Waals surface area contributed by atoms with Gasteiger partial charge in [0.05, 0.1) is 22.0 Å². The summed E-state index contributed by atoms with van der Waals surface area (Å²) in [4.78, 5) is 14.6. The molecular weight excluding hydrogens is 361 g/mol. The zero-order valence-corrected chi connectivity index (χ0v) is 13.9. The largest absolute Gasteiger partial charge is 0.452 e. The van der Waals surface area contributed by atoms with Crippen LogP contribution in [-0.2, 0) is 6.18 Å². The van der Waals surface area contributed by atoms with E-state index in [4.69, 9.17) is 0 Å². The quantitative estimate of drug-likeness (QED) is 0.840. The van der Waals surface area contributed by atoms with Gasteiger partial charge in [0.15, 0.2) is 0 Å². The summed E-state index contributed by atoms with van der Waals surface area (Å²) in [5, 5.41) is 22.7. The van der Waals surface area contributed by atoms with Crippen LogP contribution < -0.4 is 0 Å². The van der Waals surface area contributed by atoms with Gasteiger partial charge in [0.1, 0.15) is 5.69 Å². The minimum absolute atomic E-state index is 0.00838. The Kier molecular flexibility index (Phi) is 4.60. The number of β-amino-alcohol motifs (C(OH)–C–C–N with tert-alkyl or cyclic N) is 1. The fourth-order valence-corrected chi connectivity index (χ4v) is 3.68. The Labute approximate surface area is 144 Å². The zero-order valence-electron chi connectivity index (χ0n) is 13.1. The number of carbonyl (C=O) groups is 1. The second kappa shape index (κ2) is 6.43. The topological polar surface area (TPSA) is 86.8 Å². The Morgan fingerprint density at radius 3 is 2.68 bits per heavy atom. The number of piperidine rings is 1. The molecule has 136 valence electrons. The van der Waals surface area contributed by atoms with Crippen molar-refractivity contribution in [3.8, 4) is 10.6 Å². The first-order valence-electron chi connectivity index (χ1n) is 7.47. The lowest BCUT2D eigenvalue weighted by atomic mass is 10.1. The number of hydrogen-bond acceptors (Lipinski definition) is 6. The molecule has 0 aliphatic carbocycles. The van der Waals surface area contributed by atoms with Crippen molar-refractivity contribution < 1.29 is 32.7 Å². The molecule has 3 heterocycles. The number of rotatable bonds is 2. The smallest absolute Gasteiger partial charge is 0.390 e. The number of hydrogen-bond donors (Lipinski definition) is 2. The van der Waals surface area contributed by atoms with Gasteiger partial charge in [-0.3, -0.25) is 4.79 Å². The highest BCUT2D eigenvalue weighted by molar-refractivity contribution is 7.17. The highest BCUT2D eigenvalue weighted by Crippen LogP contribution is 2.38. The van der Waals surface area contributed by atoms with E-state index in [1.165, 1.54) is 24.0 Å². The lowest BCUT2D eigenvalue weighted by Crippen LogP contribution is -2.48. The lowest BCUT2D eigenvalue weighted by molar-refractivity contribution is -0.156. The minimum atomic E-state index is -4.63. The van der Waals surface area contributed by atoms with Gasteiger partial charge < -0.3 is 19.6 Å². The van der Waals surface area contributed by atoms with Crippen molar-refractivity contribution in [2.45, 2.75) is 31.7 Å². The molecule has 0 spiro atoms. The van der Waals surface area contributed by atoms with Crippen LogP contribution in [0.1, 0.15) is 27.4 Å². The molecule has 1 saturated heterocycles. The Balaban J connectivity index is 1.81. The van der Waals surface area contributed by atoms with E-state index in [-0.39, 0.29) is 30.1 Å². The zero-order chi connectivity index (χ0) is 18.4. The molecule has 0 aromatic carbocycles. The van der Waals surface area contributed by atoms with Crippen molar-refractivity contribution in [1.29, 1.82) is 0 Å². The van der Waals surface area contributed by atoms with Crippen LogP contribution in [0.4, 0.5) is 13.2 Å². The molecule has 0 radical (unpaired) electrons. The minimum Gasteiger partial charge on any atom is -0.390 e. The molecule has 10 heteroatoms. The van der Waals surface area contributed by atoms with Crippen LogP contribution in [0.15, 0.2) is 16.7 Å². The highest BCUT2D eigenvalue weighted by atomic mass is 32.1. The maximum atomic E-state index is 12.8. The van der Waals surface area contributed by atoms with E-state index in [2.05, 4.69) is 9.68 Å². The molecular formula is C15H15F3N2O4S. The molecule has 25 heavy (non-hydrogen) atoms. The Bertz CT molecular complexity index is 786. The van der Waals surface area contributed by atoms with Crippen molar-refractivity contribution in [3.05, 3.63) is 28.3 Å². The maximum Gasteiger partial charge on any atom is 0.452 e. The monoisotopic (exact) mass is 376 g/mol. The van der Waals surface area contributed by atoms with Crippen LogP contribution in [0.2, 0.25) is 0 Å². The lowest BCUT2D eigenvalue weighted by Gasteiger charge is -2.33. The van der Waals surface area contributed by atoms with E-state index < -0.39 is 24.1 Å². The van der Waals surface area contributed by atoms with Gasteiger partial charge in [0, 0.05) is 18.7 Å². The average molecular weight is 376 g/mol. The van der Waals surface area contributed by atoms with E-state index in [0.29, 0.717) is 16.3 Å². The standard InChI is InChI=1S/C15H15F3N2O4S/c1-7-12(19-24-13(7)15(16,17)18)10-2-3-11(25-10)14(23)20-5-4-8(21)9(22)6-20/h2-3,8-9,21-22H,4-6H2,1H3/t8-,9+/m1/s1. The molecule has 6 nitrogen and oxygen atoms in total. The highest BCUT2D eigenvalue weighted by Gasteiger charge is 2.39. The number of thiophene rings is 1. The normalized spacial score (nSPS) is 21.6. The third-order valence-corrected chi connectivity index (χ3v) is 5.15. The number of alkyl halides is 3. The molecule has 2 atom stereocenters. The van der Waals surface area contributed by atoms with Crippen molar-refractivity contribution in [1.82, 2.24) is 10.1 Å². The summed E-state index contributed by atoms with van der Waals surface area (Å²) in [6, 6.07) is 3.01. The summed E-state index contributed by atoms with van der Waals surface area (Å²) in [6.07, 6.45) is -6.23. The molecule has 2 aromatic heterocycles. The number of nitrogens with zero attached hydrogens (tertiary/aromatic N) is 2. The van der Waals surface area contributed by atoms with E-state index in [1.54, 1.807) is 0 Å². The van der Waals surface area contributed by atoms with Crippen LogP contribution >= 0.6 is 11.3 Å². The number of likely N-dealkylation sites (tertiary alicyclic amines) is 1. The van der Waals surface area contributed by atoms with Gasteiger partial charge in [-0.05, 0) is 25.5 Å². The average Bonchev–Trinajstić information content (AvgIpc) is 3.15. The predicted octanol–water partition coefficient (Wildman–Crippen LogP) is 2.30. The third kappa shape index (κ3) is 3.42. The second-order valence-corrected chi connectivity index (χ2v) is 6.91. The van der Waals surface area contributed by atoms with Crippen LogP contribution in [0, 0.1) is 6.92 Å². The summed E-state index contributed by atoms with van der Waals surface area (Å²) in [5.74, 6) is -1.50. The molecule has 2 N–H and O–H groups in total. The number of aliphatic hydroxyl groups excluding tert-OH is 2. The van der Waals surface area contributed by atoms with Gasteiger partial charge in [-0.1, -0.05) is 5.16 Å². The Hall–Kier alpha value is -1.91. The van der Waals surface area contributed by atoms with Crippen LogP contribution in [-0.4, -0.2) is 51.5 Å². The SMILES string of the molecule is Cc1c(-c2ccc(C(=O)N3CC[C@@H](O)[C@@H](O)C3)s2)noc1C(F)(F)F. The molecule has 2 aromatic rings. The van der Waals surface area contributed by atoms with Gasteiger partial charge in [-0.15, -0.1) is 11.3 Å². The summed E-state index contributed by atoms with van der Waals surface area (Å²) >= 11 is 1.00. The first kappa shape index (κ1) is 17.9. The van der Waals surface area contributed by atoms with Crippen LogP contribution in [0.3, 0.4) is 0 Å².